The molecule has 168 valence electrons. The standard InChI is InChI=1S/C34H19BN2/c1-2-9-21-20(8-1)16-19-28-33(21)36-29-14-5-3-10-22(29)27-18-17-24-26-13-7-12-25-23-11-4-6-15-30(23)37(32(25)26)35(28)31(24)34(27)36/h1-19H. The highest BCUT2D eigenvalue weighted by Crippen LogP contribution is 2.44. The van der Waals surface area contributed by atoms with Gasteiger partial charge < -0.3 is 9.05 Å². The molecule has 0 saturated carbocycles. The minimum atomic E-state index is 0.118. The van der Waals surface area contributed by atoms with Gasteiger partial charge in [0.25, 0.3) is 0 Å². The van der Waals surface area contributed by atoms with Gasteiger partial charge in [-0.25, -0.2) is 0 Å². The highest BCUT2D eigenvalue weighted by molar-refractivity contribution is 6.90. The van der Waals surface area contributed by atoms with Gasteiger partial charge in [-0.1, -0.05) is 103 Å². The number of rotatable bonds is 0. The summed E-state index contributed by atoms with van der Waals surface area (Å²) in [6.07, 6.45) is 0. The lowest BCUT2D eigenvalue weighted by atomic mass is 9.45. The van der Waals surface area contributed by atoms with Crippen molar-refractivity contribution in [1.82, 2.24) is 9.05 Å². The van der Waals surface area contributed by atoms with Crippen LogP contribution in [0.15, 0.2) is 115 Å². The van der Waals surface area contributed by atoms with E-state index in [-0.39, 0.29) is 6.85 Å². The Morgan fingerprint density at radius 3 is 2.05 bits per heavy atom. The highest BCUT2D eigenvalue weighted by Gasteiger charge is 2.41. The molecular formula is C34H19BN2. The fourth-order valence-electron chi connectivity index (χ4n) is 7.53. The summed E-state index contributed by atoms with van der Waals surface area (Å²) in [5.74, 6) is 0. The molecule has 6 aromatic carbocycles. The van der Waals surface area contributed by atoms with Crippen LogP contribution in [0.3, 0.4) is 0 Å². The van der Waals surface area contributed by atoms with Crippen LogP contribution in [0, 0.1) is 0 Å². The zero-order valence-corrected chi connectivity index (χ0v) is 19.9. The second-order valence-corrected chi connectivity index (χ2v) is 10.5. The Morgan fingerprint density at radius 1 is 0.459 bits per heavy atom. The van der Waals surface area contributed by atoms with Gasteiger partial charge in [0.1, 0.15) is 0 Å². The Kier molecular flexibility index (Phi) is 3.07. The predicted molar refractivity (Wildman–Crippen MR) is 157 cm³/mol. The molecule has 4 heterocycles. The van der Waals surface area contributed by atoms with E-state index in [4.69, 9.17) is 0 Å². The third-order valence-electron chi connectivity index (χ3n) is 8.88. The van der Waals surface area contributed by atoms with Crippen molar-refractivity contribution in [1.29, 1.82) is 0 Å². The lowest BCUT2D eigenvalue weighted by molar-refractivity contribution is 1.19. The van der Waals surface area contributed by atoms with Gasteiger partial charge in [0.05, 0.1) is 16.7 Å². The van der Waals surface area contributed by atoms with E-state index in [1.807, 2.05) is 0 Å². The van der Waals surface area contributed by atoms with E-state index in [2.05, 4.69) is 124 Å². The molecular weight excluding hydrogens is 447 g/mol. The summed E-state index contributed by atoms with van der Waals surface area (Å²) in [4.78, 5) is 0. The number of hydrogen-bond donors (Lipinski definition) is 0. The molecule has 37 heavy (non-hydrogen) atoms. The molecule has 2 aliphatic heterocycles. The first kappa shape index (κ1) is 18.5. The first-order valence-electron chi connectivity index (χ1n) is 13.0. The lowest BCUT2D eigenvalue weighted by Gasteiger charge is -2.34. The Labute approximate surface area is 213 Å². The Hall–Kier alpha value is -4.76. The summed E-state index contributed by atoms with van der Waals surface area (Å²) in [6.45, 7) is 0.118. The molecule has 0 bridgehead atoms. The van der Waals surface area contributed by atoms with E-state index < -0.39 is 0 Å². The molecule has 0 saturated heterocycles. The van der Waals surface area contributed by atoms with Crippen LogP contribution in [0.25, 0.3) is 71.2 Å². The number of fused-ring (bicyclic) bond motifs is 13. The summed E-state index contributed by atoms with van der Waals surface area (Å²) in [6, 6.07) is 43.0. The summed E-state index contributed by atoms with van der Waals surface area (Å²) in [5, 5.41) is 7.92. The number of hydrogen-bond acceptors (Lipinski definition) is 0. The molecule has 2 aliphatic rings. The van der Waals surface area contributed by atoms with Crippen LogP contribution >= 0.6 is 0 Å². The van der Waals surface area contributed by atoms with Gasteiger partial charge in [-0.2, -0.15) is 0 Å². The van der Waals surface area contributed by atoms with Crippen LogP contribution in [0.4, 0.5) is 0 Å². The van der Waals surface area contributed by atoms with Gasteiger partial charge in [-0.05, 0) is 34.0 Å². The number of aromatic nitrogens is 2. The second-order valence-electron chi connectivity index (χ2n) is 10.5. The van der Waals surface area contributed by atoms with Gasteiger partial charge >= 0.3 is 6.85 Å². The predicted octanol–water partition coefficient (Wildman–Crippen LogP) is 6.99. The number of nitrogens with zero attached hydrogens (tertiary/aromatic N) is 2. The molecule has 0 radical (unpaired) electrons. The Bertz CT molecular complexity index is 2320. The van der Waals surface area contributed by atoms with Crippen LogP contribution < -0.4 is 10.9 Å². The summed E-state index contributed by atoms with van der Waals surface area (Å²) in [5.41, 5.74) is 12.1. The van der Waals surface area contributed by atoms with Crippen molar-refractivity contribution in [2.24, 2.45) is 0 Å². The first-order valence-corrected chi connectivity index (χ1v) is 13.0. The second kappa shape index (κ2) is 6.14. The van der Waals surface area contributed by atoms with Crippen LogP contribution in [-0.2, 0) is 0 Å². The van der Waals surface area contributed by atoms with E-state index in [1.165, 1.54) is 82.1 Å². The fraction of sp³-hybridized carbons (Fsp3) is 0. The van der Waals surface area contributed by atoms with Crippen LogP contribution in [0.1, 0.15) is 0 Å². The minimum absolute atomic E-state index is 0.118. The number of benzene rings is 6. The van der Waals surface area contributed by atoms with Crippen LogP contribution in [-0.4, -0.2) is 15.9 Å². The fourth-order valence-corrected chi connectivity index (χ4v) is 7.53. The summed E-state index contributed by atoms with van der Waals surface area (Å²) < 4.78 is 5.20. The van der Waals surface area contributed by atoms with Gasteiger partial charge in [0.15, 0.2) is 0 Å². The Morgan fingerprint density at radius 2 is 1.16 bits per heavy atom. The first-order chi connectivity index (χ1) is 18.4. The zero-order chi connectivity index (χ0) is 23.8. The highest BCUT2D eigenvalue weighted by atomic mass is 15.0. The quantitative estimate of drug-likeness (QED) is 0.213. The van der Waals surface area contributed by atoms with E-state index in [0.29, 0.717) is 0 Å². The summed E-state index contributed by atoms with van der Waals surface area (Å²) in [7, 11) is 0. The molecule has 10 rings (SSSR count). The lowest BCUT2D eigenvalue weighted by Crippen LogP contribution is -2.55. The van der Waals surface area contributed by atoms with Gasteiger partial charge in [-0.15, -0.1) is 0 Å². The molecule has 0 fully saturated rings. The Balaban J connectivity index is 1.55. The molecule has 0 aliphatic carbocycles. The van der Waals surface area contributed by atoms with Crippen LogP contribution in [0.5, 0.6) is 0 Å². The minimum Gasteiger partial charge on any atom is -0.375 e. The van der Waals surface area contributed by atoms with Crippen molar-refractivity contribution >= 4 is 72.2 Å². The molecule has 2 nitrogen and oxygen atoms in total. The largest absolute Gasteiger partial charge is 0.375 e. The van der Waals surface area contributed by atoms with Gasteiger partial charge in [0.2, 0.25) is 0 Å². The van der Waals surface area contributed by atoms with Crippen molar-refractivity contribution in [2.45, 2.75) is 0 Å². The van der Waals surface area contributed by atoms with E-state index in [1.54, 1.807) is 0 Å². The molecule has 0 unspecified atom stereocenters. The molecule has 0 spiro atoms. The van der Waals surface area contributed by atoms with Gasteiger partial charge in [-0.3, -0.25) is 0 Å². The molecule has 0 atom stereocenters. The molecule has 0 N–H and O–H groups in total. The van der Waals surface area contributed by atoms with Crippen molar-refractivity contribution < 1.29 is 0 Å². The number of para-hydroxylation sites is 3. The molecule has 3 heteroatoms. The normalized spacial score (nSPS) is 13.4. The third kappa shape index (κ3) is 1.98. The monoisotopic (exact) mass is 466 g/mol. The van der Waals surface area contributed by atoms with Crippen molar-refractivity contribution in [3.8, 4) is 16.8 Å². The van der Waals surface area contributed by atoms with Crippen molar-refractivity contribution in [3.05, 3.63) is 115 Å². The zero-order valence-electron chi connectivity index (χ0n) is 19.9. The van der Waals surface area contributed by atoms with Crippen molar-refractivity contribution in [2.75, 3.05) is 0 Å². The van der Waals surface area contributed by atoms with Gasteiger partial charge in [0, 0.05) is 43.5 Å². The molecule has 2 aromatic heterocycles. The van der Waals surface area contributed by atoms with E-state index in [0.717, 1.165) is 0 Å². The van der Waals surface area contributed by atoms with Crippen LogP contribution in [0.2, 0.25) is 0 Å². The maximum absolute atomic E-state index is 2.64. The molecule has 8 aromatic rings. The maximum Gasteiger partial charge on any atom is 0.333 e. The molecule has 0 amide bonds. The maximum atomic E-state index is 2.64. The smallest absolute Gasteiger partial charge is 0.333 e. The van der Waals surface area contributed by atoms with E-state index >= 15 is 0 Å². The summed E-state index contributed by atoms with van der Waals surface area (Å²) >= 11 is 0. The SMILES string of the molecule is c1ccc2c3c(ccc2c1)B1c2c(ccc4c5ccccc5n-3c24)-c2cccc3c4ccccc4n1c23. The average Bonchev–Trinajstić information content (AvgIpc) is 3.48. The van der Waals surface area contributed by atoms with E-state index in [9.17, 15) is 0 Å². The topological polar surface area (TPSA) is 9.86 Å². The average molecular weight is 466 g/mol. The third-order valence-corrected chi connectivity index (χ3v) is 8.88. The van der Waals surface area contributed by atoms with Crippen molar-refractivity contribution in [3.63, 3.8) is 0 Å².